The number of carbonyl (C=O) groups is 1. The van der Waals surface area contributed by atoms with E-state index in [1.165, 1.54) is 17.7 Å². The van der Waals surface area contributed by atoms with E-state index >= 15 is 0 Å². The van der Waals surface area contributed by atoms with Crippen molar-refractivity contribution < 1.29 is 18.7 Å². The largest absolute Gasteiger partial charge is 0.462 e. The van der Waals surface area contributed by atoms with E-state index in [1.54, 1.807) is 6.92 Å². The summed E-state index contributed by atoms with van der Waals surface area (Å²) in [6, 6.07) is 11.7. The van der Waals surface area contributed by atoms with Crippen molar-refractivity contribution >= 4 is 5.97 Å². The lowest BCUT2D eigenvalue weighted by Crippen LogP contribution is -2.19. The van der Waals surface area contributed by atoms with E-state index in [2.05, 4.69) is 20.4 Å². The Morgan fingerprint density at radius 2 is 1.88 bits per heavy atom. The third kappa shape index (κ3) is 4.51. The molecule has 0 amide bonds. The van der Waals surface area contributed by atoms with Gasteiger partial charge >= 0.3 is 5.97 Å². The number of halogens is 1. The van der Waals surface area contributed by atoms with Crippen molar-refractivity contribution in [2.75, 3.05) is 6.61 Å². The van der Waals surface area contributed by atoms with Crippen molar-refractivity contribution in [1.29, 1.82) is 0 Å². The zero-order valence-electron chi connectivity index (χ0n) is 15.5. The second-order valence-corrected chi connectivity index (χ2v) is 6.40. The van der Waals surface area contributed by atoms with Gasteiger partial charge in [0, 0.05) is 0 Å². The molecule has 1 atom stereocenters. The van der Waals surface area contributed by atoms with Crippen LogP contribution >= 0.6 is 0 Å². The van der Waals surface area contributed by atoms with Gasteiger partial charge in [-0.3, -0.25) is 0 Å². The molecule has 0 bridgehead atoms. The van der Waals surface area contributed by atoms with Crippen molar-refractivity contribution in [3.63, 3.8) is 0 Å². The normalized spacial score (nSPS) is 12.9. The second kappa shape index (κ2) is 8.65. The Kier molecular flexibility index (Phi) is 6.56. The summed E-state index contributed by atoms with van der Waals surface area (Å²) in [6.07, 6.45) is 3.80. The Morgan fingerprint density at radius 3 is 2.42 bits per heavy atom. The Hall–Kier alpha value is -2.62. The molecule has 0 saturated carbocycles. The maximum atomic E-state index is 14.2. The predicted octanol–water partition coefficient (Wildman–Crippen LogP) is 6.04. The number of benzene rings is 2. The highest BCUT2D eigenvalue weighted by Gasteiger charge is 2.22. The fraction of sp³-hybridized carbons (Fsp3) is 0.318. The van der Waals surface area contributed by atoms with Gasteiger partial charge in [0.2, 0.25) is 0 Å². The third-order valence-corrected chi connectivity index (χ3v) is 4.60. The lowest BCUT2D eigenvalue weighted by atomic mass is 9.77. The monoisotopic (exact) mass is 356 g/mol. The maximum absolute atomic E-state index is 14.2. The number of hydrogen-bond acceptors (Lipinski definition) is 3. The molecule has 0 aromatic heterocycles. The van der Waals surface area contributed by atoms with Crippen LogP contribution in [0.1, 0.15) is 49.5 Å². The molecule has 138 valence electrons. The quantitative estimate of drug-likeness (QED) is 0.427. The highest BCUT2D eigenvalue weighted by molar-refractivity contribution is 5.89. The molecule has 26 heavy (non-hydrogen) atoms. The first-order valence-electron chi connectivity index (χ1n) is 8.79. The van der Waals surface area contributed by atoms with E-state index in [0.29, 0.717) is 5.75 Å². The summed E-state index contributed by atoms with van der Waals surface area (Å²) >= 11 is 0. The molecule has 0 saturated heterocycles. The molecule has 0 spiro atoms. The van der Waals surface area contributed by atoms with Crippen molar-refractivity contribution in [1.82, 2.24) is 0 Å². The number of allylic oxidation sites excluding steroid dienone is 1. The number of ether oxygens (including phenoxy) is 2. The molecule has 0 aliphatic carbocycles. The summed E-state index contributed by atoms with van der Waals surface area (Å²) in [5.41, 5.74) is 1.37. The lowest BCUT2D eigenvalue weighted by molar-refractivity contribution is 0.0525. The van der Waals surface area contributed by atoms with Gasteiger partial charge in [-0.25, -0.2) is 9.18 Å². The van der Waals surface area contributed by atoms with Gasteiger partial charge in [-0.05, 0) is 61.1 Å². The van der Waals surface area contributed by atoms with Gasteiger partial charge in [-0.2, -0.15) is 0 Å². The summed E-state index contributed by atoms with van der Waals surface area (Å²) in [6.45, 7) is 10.1. The van der Waals surface area contributed by atoms with Crippen LogP contribution in [0.15, 0.2) is 55.1 Å². The van der Waals surface area contributed by atoms with Crippen LogP contribution in [0, 0.1) is 5.82 Å². The van der Waals surface area contributed by atoms with E-state index in [-0.39, 0.29) is 23.3 Å². The zero-order chi connectivity index (χ0) is 19.2. The molecule has 4 heteroatoms. The molecule has 0 aliphatic heterocycles. The lowest BCUT2D eigenvalue weighted by Gasteiger charge is -2.27. The molecule has 0 aliphatic rings. The van der Waals surface area contributed by atoms with Gasteiger partial charge in [-0.1, -0.05) is 32.1 Å². The average molecular weight is 356 g/mol. The summed E-state index contributed by atoms with van der Waals surface area (Å²) in [5.74, 6) is -0.559. The van der Waals surface area contributed by atoms with E-state index in [1.807, 2.05) is 30.3 Å². The molecule has 0 radical (unpaired) electrons. The summed E-state index contributed by atoms with van der Waals surface area (Å²) in [4.78, 5) is 11.6. The van der Waals surface area contributed by atoms with Crippen LogP contribution in [0.25, 0.3) is 0 Å². The van der Waals surface area contributed by atoms with Crippen LogP contribution in [-0.4, -0.2) is 12.6 Å². The van der Waals surface area contributed by atoms with Crippen LogP contribution in [0.5, 0.6) is 11.5 Å². The van der Waals surface area contributed by atoms with E-state index in [0.717, 1.165) is 18.9 Å². The number of carbonyl (C=O) groups excluding carboxylic acids is 1. The van der Waals surface area contributed by atoms with Crippen molar-refractivity contribution in [3.8, 4) is 11.5 Å². The van der Waals surface area contributed by atoms with Gasteiger partial charge in [-0.15, -0.1) is 6.58 Å². The molecule has 2 aromatic carbocycles. The topological polar surface area (TPSA) is 35.5 Å². The maximum Gasteiger partial charge on any atom is 0.338 e. The van der Waals surface area contributed by atoms with E-state index in [4.69, 9.17) is 9.47 Å². The summed E-state index contributed by atoms with van der Waals surface area (Å²) < 4.78 is 24.7. The van der Waals surface area contributed by atoms with Crippen molar-refractivity contribution in [3.05, 3.63) is 72.1 Å². The van der Waals surface area contributed by atoms with Gasteiger partial charge < -0.3 is 9.47 Å². The van der Waals surface area contributed by atoms with Crippen LogP contribution in [0.2, 0.25) is 0 Å². The third-order valence-electron chi connectivity index (χ3n) is 4.60. The molecule has 0 N–H and O–H groups in total. The van der Waals surface area contributed by atoms with Gasteiger partial charge in [0.05, 0.1) is 12.2 Å². The molecular weight excluding hydrogens is 331 g/mol. The number of esters is 1. The van der Waals surface area contributed by atoms with E-state index < -0.39 is 11.8 Å². The Morgan fingerprint density at radius 1 is 1.19 bits per heavy atom. The molecule has 0 fully saturated rings. The second-order valence-electron chi connectivity index (χ2n) is 6.40. The minimum atomic E-state index is -0.607. The number of hydrogen-bond donors (Lipinski definition) is 0. The Balaban J connectivity index is 2.16. The first-order valence-corrected chi connectivity index (χ1v) is 8.79. The molecule has 0 heterocycles. The highest BCUT2D eigenvalue weighted by Crippen LogP contribution is 2.33. The Labute approximate surface area is 154 Å². The summed E-state index contributed by atoms with van der Waals surface area (Å²) in [5, 5.41) is 0. The first kappa shape index (κ1) is 19.7. The van der Waals surface area contributed by atoms with Crippen LogP contribution in [0.3, 0.4) is 0 Å². The molecule has 1 unspecified atom stereocenters. The molecule has 2 rings (SSSR count). The molecule has 2 aromatic rings. The van der Waals surface area contributed by atoms with Crippen LogP contribution in [0.4, 0.5) is 4.39 Å². The van der Waals surface area contributed by atoms with Gasteiger partial charge in [0.25, 0.3) is 0 Å². The predicted molar refractivity (Wildman–Crippen MR) is 101 cm³/mol. The Bertz CT molecular complexity index is 767. The molecule has 3 nitrogen and oxygen atoms in total. The first-order chi connectivity index (χ1) is 12.4. The number of rotatable bonds is 8. The SMILES string of the molecule is C=CCC(C)(CC)c1ccc(Oc2ccc(C(=O)OCC)cc2F)cc1. The average Bonchev–Trinajstić information content (AvgIpc) is 2.64. The van der Waals surface area contributed by atoms with Crippen molar-refractivity contribution in [2.24, 2.45) is 0 Å². The zero-order valence-corrected chi connectivity index (χ0v) is 15.5. The standard InChI is InChI=1S/C22H25FO3/c1-5-14-22(4,6-2)17-9-11-18(12-10-17)26-20-13-8-16(15-19(20)23)21(24)25-7-3/h5,8-13,15H,1,6-7,14H2,2-4H3. The minimum absolute atomic E-state index is 0.0207. The smallest absolute Gasteiger partial charge is 0.338 e. The van der Waals surface area contributed by atoms with Crippen LogP contribution in [-0.2, 0) is 10.2 Å². The fourth-order valence-electron chi connectivity index (χ4n) is 2.76. The highest BCUT2D eigenvalue weighted by atomic mass is 19.1. The van der Waals surface area contributed by atoms with Crippen molar-refractivity contribution in [2.45, 2.75) is 39.0 Å². The van der Waals surface area contributed by atoms with E-state index in [9.17, 15) is 9.18 Å². The summed E-state index contributed by atoms with van der Waals surface area (Å²) in [7, 11) is 0. The molecular formula is C22H25FO3. The van der Waals surface area contributed by atoms with Gasteiger partial charge in [0.15, 0.2) is 11.6 Å². The minimum Gasteiger partial charge on any atom is -0.462 e. The van der Waals surface area contributed by atoms with Gasteiger partial charge in [0.1, 0.15) is 5.75 Å². The fourth-order valence-corrected chi connectivity index (χ4v) is 2.76. The van der Waals surface area contributed by atoms with Crippen LogP contribution < -0.4 is 4.74 Å².